The highest BCUT2D eigenvalue weighted by molar-refractivity contribution is 5.99. The summed E-state index contributed by atoms with van der Waals surface area (Å²) in [7, 11) is 3.47. The molecule has 0 radical (unpaired) electrons. The molecule has 8 heteroatoms. The summed E-state index contributed by atoms with van der Waals surface area (Å²) < 4.78 is 14.6. The number of ether oxygens (including phenoxy) is 2. The predicted molar refractivity (Wildman–Crippen MR) is 103 cm³/mol. The highest BCUT2D eigenvalue weighted by atomic mass is 16.5. The predicted octanol–water partition coefficient (Wildman–Crippen LogP) is 2.35. The molecule has 0 unspecified atom stereocenters. The van der Waals surface area contributed by atoms with Crippen LogP contribution in [0, 0.1) is 0 Å². The molecule has 3 aromatic rings. The lowest BCUT2D eigenvalue weighted by atomic mass is 10.1. The Bertz CT molecular complexity index is 1010. The van der Waals surface area contributed by atoms with Gasteiger partial charge in [0.1, 0.15) is 23.8 Å². The lowest BCUT2D eigenvalue weighted by molar-refractivity contribution is 0.0734. The Kier molecular flexibility index (Phi) is 4.77. The van der Waals surface area contributed by atoms with Gasteiger partial charge < -0.3 is 14.4 Å². The Morgan fingerprint density at radius 3 is 2.89 bits per heavy atom. The average molecular weight is 381 g/mol. The summed E-state index contributed by atoms with van der Waals surface area (Å²) in [6, 6.07) is 5.68. The van der Waals surface area contributed by atoms with E-state index in [1.165, 1.54) is 0 Å². The zero-order chi connectivity index (χ0) is 19.7. The molecule has 8 nitrogen and oxygen atoms in total. The van der Waals surface area contributed by atoms with Crippen molar-refractivity contribution < 1.29 is 14.3 Å². The van der Waals surface area contributed by atoms with Gasteiger partial charge in [-0.05, 0) is 19.1 Å². The van der Waals surface area contributed by atoms with E-state index in [0.29, 0.717) is 37.5 Å². The van der Waals surface area contributed by atoms with E-state index in [1.54, 1.807) is 27.6 Å². The Morgan fingerprint density at radius 2 is 2.18 bits per heavy atom. The summed E-state index contributed by atoms with van der Waals surface area (Å²) in [6.45, 7) is 4.08. The Morgan fingerprint density at radius 1 is 1.32 bits per heavy atom. The molecule has 0 aliphatic carbocycles. The summed E-state index contributed by atoms with van der Waals surface area (Å²) >= 11 is 0. The molecular formula is C20H23N5O3. The van der Waals surface area contributed by atoms with Crippen LogP contribution >= 0.6 is 0 Å². The molecule has 1 aromatic carbocycles. The van der Waals surface area contributed by atoms with Gasteiger partial charge in [0.25, 0.3) is 5.91 Å². The van der Waals surface area contributed by atoms with Gasteiger partial charge in [-0.1, -0.05) is 0 Å². The van der Waals surface area contributed by atoms with Crippen LogP contribution < -0.4 is 9.47 Å². The molecule has 0 bridgehead atoms. The second-order valence-corrected chi connectivity index (χ2v) is 6.70. The van der Waals surface area contributed by atoms with Crippen LogP contribution in [-0.4, -0.2) is 50.6 Å². The van der Waals surface area contributed by atoms with Crippen molar-refractivity contribution >= 4 is 5.91 Å². The molecule has 2 aromatic heterocycles. The van der Waals surface area contributed by atoms with Crippen LogP contribution in [0.4, 0.5) is 0 Å². The number of carbonyl (C=O) groups excluding carboxylic acids is 1. The molecule has 0 saturated heterocycles. The van der Waals surface area contributed by atoms with Crippen LogP contribution in [0.2, 0.25) is 0 Å². The molecule has 146 valence electrons. The number of aryl methyl sites for hydroxylation is 2. The van der Waals surface area contributed by atoms with E-state index >= 15 is 0 Å². The second kappa shape index (κ2) is 7.38. The average Bonchev–Trinajstić information content (AvgIpc) is 3.27. The number of benzene rings is 1. The first-order chi connectivity index (χ1) is 13.6. The number of methoxy groups -OCH3 is 1. The maximum absolute atomic E-state index is 13.4. The van der Waals surface area contributed by atoms with Gasteiger partial charge in [-0.2, -0.15) is 10.2 Å². The van der Waals surface area contributed by atoms with Crippen molar-refractivity contribution in [1.82, 2.24) is 24.5 Å². The number of amides is 1. The number of rotatable bonds is 4. The lowest BCUT2D eigenvalue weighted by Crippen LogP contribution is -2.32. The Hall–Kier alpha value is -3.29. The first kappa shape index (κ1) is 18.1. The van der Waals surface area contributed by atoms with Crippen LogP contribution in [0.25, 0.3) is 11.3 Å². The molecule has 3 heterocycles. The number of fused-ring (bicyclic) bond motifs is 1. The zero-order valence-corrected chi connectivity index (χ0v) is 16.3. The molecule has 0 fully saturated rings. The molecule has 4 rings (SSSR count). The van der Waals surface area contributed by atoms with Gasteiger partial charge in [-0.15, -0.1) is 0 Å². The van der Waals surface area contributed by atoms with Crippen LogP contribution in [0.3, 0.4) is 0 Å². The minimum atomic E-state index is -0.0641. The molecule has 1 aliphatic heterocycles. The molecule has 0 N–H and O–H groups in total. The van der Waals surface area contributed by atoms with Crippen LogP contribution in [0.5, 0.6) is 11.5 Å². The number of aromatic nitrogens is 4. The van der Waals surface area contributed by atoms with Gasteiger partial charge in [0, 0.05) is 49.7 Å². The highest BCUT2D eigenvalue weighted by Gasteiger charge is 2.26. The quantitative estimate of drug-likeness (QED) is 0.694. The van der Waals surface area contributed by atoms with Crippen molar-refractivity contribution in [2.45, 2.75) is 20.0 Å². The SMILES string of the molecule is CCn1cc(C(=O)N2CCOc3cc(OC)ccc3C2)c(-c2cnn(C)c2)n1. The summed E-state index contributed by atoms with van der Waals surface area (Å²) in [5, 5.41) is 8.80. The fourth-order valence-electron chi connectivity index (χ4n) is 3.32. The van der Waals surface area contributed by atoms with E-state index < -0.39 is 0 Å². The van der Waals surface area contributed by atoms with Crippen LogP contribution in [-0.2, 0) is 20.1 Å². The summed E-state index contributed by atoms with van der Waals surface area (Å²) in [6.07, 6.45) is 5.41. The smallest absolute Gasteiger partial charge is 0.258 e. The van der Waals surface area contributed by atoms with Gasteiger partial charge >= 0.3 is 0 Å². The molecule has 0 saturated carbocycles. The second-order valence-electron chi connectivity index (χ2n) is 6.70. The fraction of sp³-hybridized carbons (Fsp3) is 0.350. The third-order valence-electron chi connectivity index (χ3n) is 4.84. The fourth-order valence-corrected chi connectivity index (χ4v) is 3.32. The van der Waals surface area contributed by atoms with Crippen LogP contribution in [0.15, 0.2) is 36.8 Å². The maximum Gasteiger partial charge on any atom is 0.258 e. The Labute approximate surface area is 163 Å². The van der Waals surface area contributed by atoms with Crippen molar-refractivity contribution in [1.29, 1.82) is 0 Å². The molecule has 0 atom stereocenters. The molecule has 1 amide bonds. The topological polar surface area (TPSA) is 74.4 Å². The van der Waals surface area contributed by atoms with Gasteiger partial charge in [-0.25, -0.2) is 0 Å². The third kappa shape index (κ3) is 3.33. The van der Waals surface area contributed by atoms with Crippen molar-refractivity contribution in [3.8, 4) is 22.8 Å². The highest BCUT2D eigenvalue weighted by Crippen LogP contribution is 2.29. The normalized spacial score (nSPS) is 13.6. The summed E-state index contributed by atoms with van der Waals surface area (Å²) in [4.78, 5) is 15.2. The molecular weight excluding hydrogens is 358 g/mol. The summed E-state index contributed by atoms with van der Waals surface area (Å²) in [5.41, 5.74) is 3.01. The summed E-state index contributed by atoms with van der Waals surface area (Å²) in [5.74, 6) is 1.43. The number of hydrogen-bond acceptors (Lipinski definition) is 5. The van der Waals surface area contributed by atoms with Crippen molar-refractivity contribution in [3.05, 3.63) is 47.9 Å². The van der Waals surface area contributed by atoms with E-state index in [2.05, 4.69) is 10.2 Å². The third-order valence-corrected chi connectivity index (χ3v) is 4.84. The minimum absolute atomic E-state index is 0.0641. The zero-order valence-electron chi connectivity index (χ0n) is 16.3. The largest absolute Gasteiger partial charge is 0.497 e. The van der Waals surface area contributed by atoms with Crippen molar-refractivity contribution in [2.24, 2.45) is 7.05 Å². The number of hydrogen-bond donors (Lipinski definition) is 0. The van der Waals surface area contributed by atoms with E-state index in [0.717, 1.165) is 22.6 Å². The van der Waals surface area contributed by atoms with E-state index in [9.17, 15) is 4.79 Å². The van der Waals surface area contributed by atoms with E-state index in [1.807, 2.05) is 44.6 Å². The standard InChI is InChI=1S/C20H23N5O3/c1-4-25-13-17(19(22-25)15-10-21-23(2)11-15)20(26)24-7-8-28-18-9-16(27-3)6-5-14(18)12-24/h5-6,9-11,13H,4,7-8,12H2,1-3H3. The minimum Gasteiger partial charge on any atom is -0.497 e. The maximum atomic E-state index is 13.4. The first-order valence-electron chi connectivity index (χ1n) is 9.24. The van der Waals surface area contributed by atoms with Gasteiger partial charge in [0.2, 0.25) is 0 Å². The van der Waals surface area contributed by atoms with E-state index in [4.69, 9.17) is 9.47 Å². The first-order valence-corrected chi connectivity index (χ1v) is 9.24. The van der Waals surface area contributed by atoms with Crippen molar-refractivity contribution in [2.75, 3.05) is 20.3 Å². The van der Waals surface area contributed by atoms with Gasteiger partial charge in [0.05, 0.1) is 25.4 Å². The number of carbonyl (C=O) groups is 1. The Balaban J connectivity index is 1.66. The van der Waals surface area contributed by atoms with Crippen molar-refractivity contribution in [3.63, 3.8) is 0 Å². The number of nitrogens with zero attached hydrogens (tertiary/aromatic N) is 5. The molecule has 0 spiro atoms. The van der Waals surface area contributed by atoms with Crippen LogP contribution in [0.1, 0.15) is 22.8 Å². The molecule has 28 heavy (non-hydrogen) atoms. The molecule has 1 aliphatic rings. The van der Waals surface area contributed by atoms with E-state index in [-0.39, 0.29) is 5.91 Å². The van der Waals surface area contributed by atoms with Gasteiger partial charge in [0.15, 0.2) is 0 Å². The lowest BCUT2D eigenvalue weighted by Gasteiger charge is -2.19. The monoisotopic (exact) mass is 381 g/mol. The van der Waals surface area contributed by atoms with Gasteiger partial charge in [-0.3, -0.25) is 14.2 Å².